The van der Waals surface area contributed by atoms with E-state index in [0.29, 0.717) is 34.6 Å². The van der Waals surface area contributed by atoms with Crippen LogP contribution in [-0.2, 0) is 6.42 Å². The minimum atomic E-state index is -0.287. The molecule has 0 aliphatic rings. The van der Waals surface area contributed by atoms with Crippen LogP contribution in [0, 0.1) is 0 Å². The lowest BCUT2D eigenvalue weighted by atomic mass is 10.2. The van der Waals surface area contributed by atoms with E-state index in [1.807, 2.05) is 0 Å². The zero-order valence-electron chi connectivity index (χ0n) is 9.76. The minimum absolute atomic E-state index is 0.287. The number of hydrogen-bond acceptors (Lipinski definition) is 7. The molecule has 0 saturated heterocycles. The number of carbonyl (C=O) groups is 1. The molecule has 8 nitrogen and oxygen atoms in total. The van der Waals surface area contributed by atoms with Gasteiger partial charge in [0.15, 0.2) is 11.6 Å². The van der Waals surface area contributed by atoms with Gasteiger partial charge in [-0.05, 0) is 22.0 Å². The van der Waals surface area contributed by atoms with Gasteiger partial charge in [-0.1, -0.05) is 5.16 Å². The fraction of sp³-hybridized carbons (Fsp3) is 0.200. The Morgan fingerprint density at radius 2 is 2.32 bits per heavy atom. The number of nitrogens with two attached hydrogens (primary N) is 1. The van der Waals surface area contributed by atoms with E-state index in [1.165, 1.54) is 6.39 Å². The number of amides is 1. The topological polar surface area (TPSA) is 119 Å². The summed E-state index contributed by atoms with van der Waals surface area (Å²) in [7, 11) is 0. The molecule has 2 heterocycles. The Morgan fingerprint density at radius 1 is 1.47 bits per heavy atom. The molecule has 19 heavy (non-hydrogen) atoms. The maximum Gasteiger partial charge on any atom is 0.255 e. The summed E-state index contributed by atoms with van der Waals surface area (Å²) in [5.41, 5.74) is 2.73. The fourth-order valence-electron chi connectivity index (χ4n) is 1.41. The largest absolute Gasteiger partial charge is 0.351 e. The molecule has 0 aliphatic heterocycles. The van der Waals surface area contributed by atoms with Gasteiger partial charge in [-0.2, -0.15) is 4.98 Å². The summed E-state index contributed by atoms with van der Waals surface area (Å²) in [6, 6.07) is 1.63. The third-order valence-electron chi connectivity index (χ3n) is 2.28. The van der Waals surface area contributed by atoms with Crippen LogP contribution in [0.4, 0.5) is 5.82 Å². The Labute approximate surface area is 116 Å². The SMILES string of the molecule is NNc1ncc(Br)cc1C(=O)NCCc1ncon1. The van der Waals surface area contributed by atoms with Crippen molar-refractivity contribution >= 4 is 27.7 Å². The van der Waals surface area contributed by atoms with Gasteiger partial charge in [0.25, 0.3) is 5.91 Å². The van der Waals surface area contributed by atoms with E-state index >= 15 is 0 Å². The highest BCUT2D eigenvalue weighted by Crippen LogP contribution is 2.16. The number of hydrogen-bond donors (Lipinski definition) is 3. The number of nitrogens with zero attached hydrogens (tertiary/aromatic N) is 3. The van der Waals surface area contributed by atoms with Crippen LogP contribution in [0.1, 0.15) is 16.2 Å². The first-order valence-corrected chi connectivity index (χ1v) is 6.15. The molecule has 4 N–H and O–H groups in total. The summed E-state index contributed by atoms with van der Waals surface area (Å²) in [4.78, 5) is 19.8. The zero-order chi connectivity index (χ0) is 13.7. The van der Waals surface area contributed by atoms with Crippen LogP contribution in [0.15, 0.2) is 27.7 Å². The van der Waals surface area contributed by atoms with Crippen molar-refractivity contribution in [2.45, 2.75) is 6.42 Å². The maximum absolute atomic E-state index is 12.0. The average molecular weight is 327 g/mol. The summed E-state index contributed by atoms with van der Waals surface area (Å²) in [6.07, 6.45) is 3.27. The highest BCUT2D eigenvalue weighted by atomic mass is 79.9. The molecule has 1 amide bonds. The van der Waals surface area contributed by atoms with Crippen LogP contribution in [0.25, 0.3) is 0 Å². The van der Waals surface area contributed by atoms with Gasteiger partial charge in [-0.3, -0.25) is 4.79 Å². The maximum atomic E-state index is 12.0. The first-order chi connectivity index (χ1) is 9.20. The smallest absolute Gasteiger partial charge is 0.255 e. The van der Waals surface area contributed by atoms with E-state index in [0.717, 1.165) is 0 Å². The average Bonchev–Trinajstić information content (AvgIpc) is 2.91. The van der Waals surface area contributed by atoms with E-state index in [2.05, 4.69) is 46.3 Å². The van der Waals surface area contributed by atoms with E-state index in [4.69, 9.17) is 5.84 Å². The Bertz CT molecular complexity index is 559. The molecule has 0 saturated carbocycles. The van der Waals surface area contributed by atoms with Crippen LogP contribution < -0.4 is 16.6 Å². The van der Waals surface area contributed by atoms with Crippen LogP contribution in [0.5, 0.6) is 0 Å². The third-order valence-corrected chi connectivity index (χ3v) is 2.71. The summed E-state index contributed by atoms with van der Waals surface area (Å²) < 4.78 is 5.28. The molecule has 0 atom stereocenters. The highest BCUT2D eigenvalue weighted by Gasteiger charge is 2.12. The number of anilines is 1. The molecular formula is C10H11BrN6O2. The van der Waals surface area contributed by atoms with Gasteiger partial charge in [-0.15, -0.1) is 0 Å². The van der Waals surface area contributed by atoms with Crippen molar-refractivity contribution in [3.05, 3.63) is 34.5 Å². The summed E-state index contributed by atoms with van der Waals surface area (Å²) in [5.74, 6) is 5.86. The molecule has 0 unspecified atom stereocenters. The number of carbonyl (C=O) groups excluding carboxylic acids is 1. The van der Waals surface area contributed by atoms with Crippen molar-refractivity contribution in [2.75, 3.05) is 12.0 Å². The molecule has 2 aromatic heterocycles. The van der Waals surface area contributed by atoms with Gasteiger partial charge in [-0.25, -0.2) is 10.8 Å². The number of hydrazine groups is 1. The Hall–Kier alpha value is -2.00. The Balaban J connectivity index is 1.97. The monoisotopic (exact) mass is 326 g/mol. The quantitative estimate of drug-likeness (QED) is 0.540. The van der Waals surface area contributed by atoms with Gasteiger partial charge < -0.3 is 15.3 Å². The highest BCUT2D eigenvalue weighted by molar-refractivity contribution is 9.10. The molecule has 0 fully saturated rings. The molecule has 0 aromatic carbocycles. The Morgan fingerprint density at radius 3 is 3.00 bits per heavy atom. The van der Waals surface area contributed by atoms with Crippen LogP contribution in [0.2, 0.25) is 0 Å². The molecule has 0 aliphatic carbocycles. The minimum Gasteiger partial charge on any atom is -0.351 e. The van der Waals surface area contributed by atoms with Crippen molar-refractivity contribution < 1.29 is 9.32 Å². The zero-order valence-corrected chi connectivity index (χ0v) is 11.3. The first kappa shape index (κ1) is 13.4. The Kier molecular flexibility index (Phi) is 4.42. The second kappa shape index (κ2) is 6.25. The van der Waals surface area contributed by atoms with E-state index in [9.17, 15) is 4.79 Å². The number of nitrogens with one attached hydrogen (secondary N) is 2. The molecule has 9 heteroatoms. The molecule has 100 valence electrons. The number of aromatic nitrogens is 3. The predicted octanol–water partition coefficient (Wildman–Crippen LogP) is 0.485. The van der Waals surface area contributed by atoms with E-state index < -0.39 is 0 Å². The lowest BCUT2D eigenvalue weighted by molar-refractivity contribution is 0.0954. The van der Waals surface area contributed by atoms with Crippen LogP contribution >= 0.6 is 15.9 Å². The van der Waals surface area contributed by atoms with E-state index in [1.54, 1.807) is 12.3 Å². The van der Waals surface area contributed by atoms with Crippen molar-refractivity contribution in [2.24, 2.45) is 5.84 Å². The molecule has 0 spiro atoms. The van der Waals surface area contributed by atoms with Crippen molar-refractivity contribution in [1.29, 1.82) is 0 Å². The number of rotatable bonds is 5. The number of pyridine rings is 1. The van der Waals surface area contributed by atoms with Gasteiger partial charge >= 0.3 is 0 Å². The molecule has 0 radical (unpaired) electrons. The second-order valence-corrected chi connectivity index (χ2v) is 4.46. The standard InChI is InChI=1S/C10H11BrN6O2/c11-6-3-7(9(16-12)14-4-6)10(18)13-2-1-8-15-5-19-17-8/h3-5H,1-2,12H2,(H,13,18)(H,14,16). The molecular weight excluding hydrogens is 316 g/mol. The molecule has 2 rings (SSSR count). The van der Waals surface area contributed by atoms with Crippen LogP contribution in [-0.4, -0.2) is 27.6 Å². The van der Waals surface area contributed by atoms with Crippen LogP contribution in [0.3, 0.4) is 0 Å². The van der Waals surface area contributed by atoms with Crippen molar-refractivity contribution in [3.8, 4) is 0 Å². The lowest BCUT2D eigenvalue weighted by Gasteiger charge is -2.08. The van der Waals surface area contributed by atoms with Crippen molar-refractivity contribution in [3.63, 3.8) is 0 Å². The number of nitrogen functional groups attached to an aromatic ring is 1. The predicted molar refractivity (Wildman–Crippen MR) is 70.1 cm³/mol. The fourth-order valence-corrected chi connectivity index (χ4v) is 1.74. The molecule has 0 bridgehead atoms. The summed E-state index contributed by atoms with van der Waals surface area (Å²) in [6.45, 7) is 0.384. The second-order valence-electron chi connectivity index (χ2n) is 3.55. The van der Waals surface area contributed by atoms with Gasteiger partial charge in [0.05, 0.1) is 5.56 Å². The van der Waals surface area contributed by atoms with Gasteiger partial charge in [0.1, 0.15) is 0 Å². The van der Waals surface area contributed by atoms with Crippen molar-refractivity contribution in [1.82, 2.24) is 20.4 Å². The van der Waals surface area contributed by atoms with Gasteiger partial charge in [0, 0.05) is 23.6 Å². The van der Waals surface area contributed by atoms with E-state index in [-0.39, 0.29) is 5.91 Å². The normalized spacial score (nSPS) is 10.2. The lowest BCUT2D eigenvalue weighted by Crippen LogP contribution is -2.27. The summed E-state index contributed by atoms with van der Waals surface area (Å²) in [5, 5.41) is 6.37. The van der Waals surface area contributed by atoms with Gasteiger partial charge in [0.2, 0.25) is 6.39 Å². The third kappa shape index (κ3) is 3.48. The molecule has 2 aromatic rings. The number of halogens is 1. The summed E-state index contributed by atoms with van der Waals surface area (Å²) >= 11 is 3.25. The first-order valence-electron chi connectivity index (χ1n) is 5.36.